The summed E-state index contributed by atoms with van der Waals surface area (Å²) in [5.74, 6) is 0.667. The molecule has 0 spiro atoms. The summed E-state index contributed by atoms with van der Waals surface area (Å²) < 4.78 is 8.43. The summed E-state index contributed by atoms with van der Waals surface area (Å²) in [6, 6.07) is 17.7. The van der Waals surface area contributed by atoms with Crippen molar-refractivity contribution in [2.45, 2.75) is 11.4 Å². The first-order valence-electron chi connectivity index (χ1n) is 7.41. The van der Waals surface area contributed by atoms with Gasteiger partial charge in [-0.1, -0.05) is 12.1 Å². The van der Waals surface area contributed by atoms with E-state index in [1.807, 2.05) is 41.8 Å². The van der Waals surface area contributed by atoms with Gasteiger partial charge in [0.05, 0.1) is 12.1 Å². The van der Waals surface area contributed by atoms with E-state index in [0.29, 0.717) is 12.3 Å². The highest BCUT2D eigenvalue weighted by molar-refractivity contribution is 8.00. The summed E-state index contributed by atoms with van der Waals surface area (Å²) in [4.78, 5) is 1.14. The molecule has 0 radical (unpaired) electrons. The Kier molecular flexibility index (Phi) is 5.51. The fourth-order valence-corrected chi connectivity index (χ4v) is 3.50. The third-order valence-corrected chi connectivity index (χ3v) is 5.17. The van der Waals surface area contributed by atoms with Gasteiger partial charge in [-0.3, -0.25) is 0 Å². The Morgan fingerprint density at radius 2 is 1.92 bits per heavy atom. The summed E-state index contributed by atoms with van der Waals surface area (Å²) >= 11 is 3.26. The summed E-state index contributed by atoms with van der Waals surface area (Å²) in [7, 11) is 1.55. The zero-order valence-corrected chi connectivity index (χ0v) is 14.8. The number of benzene rings is 2. The SMILES string of the molecule is COc1cccc(CNc2ccc(SNc3cccs3)cc2)c1O. The number of anilines is 2. The Morgan fingerprint density at radius 3 is 2.62 bits per heavy atom. The largest absolute Gasteiger partial charge is 0.504 e. The number of rotatable bonds is 7. The van der Waals surface area contributed by atoms with E-state index in [4.69, 9.17) is 4.74 Å². The highest BCUT2D eigenvalue weighted by atomic mass is 32.2. The molecule has 124 valence electrons. The van der Waals surface area contributed by atoms with Gasteiger partial charge < -0.3 is 19.9 Å². The number of methoxy groups -OCH3 is 1. The molecular weight excluding hydrogens is 340 g/mol. The van der Waals surface area contributed by atoms with Crippen LogP contribution in [0.15, 0.2) is 64.9 Å². The minimum Gasteiger partial charge on any atom is -0.504 e. The number of phenols is 1. The molecule has 1 heterocycles. The molecule has 0 bridgehead atoms. The maximum atomic E-state index is 10.1. The van der Waals surface area contributed by atoms with Gasteiger partial charge in [0.1, 0.15) is 0 Å². The number of hydrogen-bond donors (Lipinski definition) is 3. The molecule has 6 heteroatoms. The molecule has 24 heavy (non-hydrogen) atoms. The maximum Gasteiger partial charge on any atom is 0.162 e. The van der Waals surface area contributed by atoms with Crippen LogP contribution in [-0.4, -0.2) is 12.2 Å². The predicted octanol–water partition coefficient (Wildman–Crippen LogP) is 5.19. The molecule has 0 unspecified atom stereocenters. The standard InChI is InChI=1S/C18H18N2O2S2/c1-22-16-5-2-4-13(18(16)21)12-19-14-7-9-15(10-8-14)24-20-17-6-3-11-23-17/h2-11,19-21H,12H2,1H3. The summed E-state index contributed by atoms with van der Waals surface area (Å²) in [6.45, 7) is 0.531. The van der Waals surface area contributed by atoms with Crippen molar-refractivity contribution in [1.82, 2.24) is 0 Å². The molecule has 3 aromatic rings. The summed E-state index contributed by atoms with van der Waals surface area (Å²) in [6.07, 6.45) is 0. The Labute approximate surface area is 149 Å². The minimum atomic E-state index is 0.180. The molecule has 0 amide bonds. The van der Waals surface area contributed by atoms with E-state index in [0.717, 1.165) is 21.1 Å². The molecule has 4 nitrogen and oxygen atoms in total. The van der Waals surface area contributed by atoms with Crippen molar-refractivity contribution >= 4 is 34.0 Å². The number of hydrogen-bond acceptors (Lipinski definition) is 6. The highest BCUT2D eigenvalue weighted by Gasteiger charge is 2.06. The van der Waals surface area contributed by atoms with Crippen LogP contribution >= 0.6 is 23.3 Å². The van der Waals surface area contributed by atoms with Gasteiger partial charge in [-0.2, -0.15) is 0 Å². The third-order valence-electron chi connectivity index (χ3n) is 3.43. The zero-order chi connectivity index (χ0) is 16.8. The molecule has 0 saturated carbocycles. The number of phenolic OH excluding ortho intramolecular Hbond substituents is 1. The monoisotopic (exact) mass is 358 g/mol. The van der Waals surface area contributed by atoms with Gasteiger partial charge in [0.25, 0.3) is 0 Å². The molecule has 0 aliphatic heterocycles. The van der Waals surface area contributed by atoms with Gasteiger partial charge in [0.15, 0.2) is 11.5 Å². The van der Waals surface area contributed by atoms with Crippen molar-refractivity contribution in [1.29, 1.82) is 0 Å². The second kappa shape index (κ2) is 7.99. The van der Waals surface area contributed by atoms with Crippen LogP contribution in [0.5, 0.6) is 11.5 Å². The second-order valence-corrected chi connectivity index (χ2v) is 6.85. The van der Waals surface area contributed by atoms with E-state index in [9.17, 15) is 5.11 Å². The normalized spacial score (nSPS) is 10.4. The van der Waals surface area contributed by atoms with E-state index in [-0.39, 0.29) is 5.75 Å². The molecule has 0 saturated heterocycles. The predicted molar refractivity (Wildman–Crippen MR) is 102 cm³/mol. The van der Waals surface area contributed by atoms with E-state index in [1.54, 1.807) is 36.5 Å². The maximum absolute atomic E-state index is 10.1. The van der Waals surface area contributed by atoms with Crippen molar-refractivity contribution in [2.24, 2.45) is 0 Å². The number of thiophene rings is 1. The van der Waals surface area contributed by atoms with Gasteiger partial charge in [-0.25, -0.2) is 0 Å². The van der Waals surface area contributed by atoms with E-state index < -0.39 is 0 Å². The van der Waals surface area contributed by atoms with Gasteiger partial charge in [0.2, 0.25) is 0 Å². The molecule has 0 aliphatic carbocycles. The molecule has 0 aliphatic rings. The van der Waals surface area contributed by atoms with E-state index in [1.165, 1.54) is 0 Å². The van der Waals surface area contributed by atoms with Crippen molar-refractivity contribution in [2.75, 3.05) is 17.1 Å². The smallest absolute Gasteiger partial charge is 0.162 e. The van der Waals surface area contributed by atoms with E-state index >= 15 is 0 Å². The van der Waals surface area contributed by atoms with Crippen molar-refractivity contribution in [3.63, 3.8) is 0 Å². The Balaban J connectivity index is 1.56. The minimum absolute atomic E-state index is 0.180. The molecule has 3 N–H and O–H groups in total. The summed E-state index contributed by atoms with van der Waals surface area (Å²) in [5.41, 5.74) is 1.80. The number of aromatic hydroxyl groups is 1. The Hall–Kier alpha value is -2.31. The first-order valence-corrected chi connectivity index (χ1v) is 9.11. The quantitative estimate of drug-likeness (QED) is 0.507. The lowest BCUT2D eigenvalue weighted by Gasteiger charge is -2.11. The van der Waals surface area contributed by atoms with Crippen LogP contribution in [0.3, 0.4) is 0 Å². The molecule has 0 fully saturated rings. The van der Waals surface area contributed by atoms with Crippen LogP contribution in [0.25, 0.3) is 0 Å². The van der Waals surface area contributed by atoms with Crippen molar-refractivity contribution in [3.8, 4) is 11.5 Å². The number of ether oxygens (including phenoxy) is 1. The van der Waals surface area contributed by atoms with Crippen molar-refractivity contribution < 1.29 is 9.84 Å². The topological polar surface area (TPSA) is 53.5 Å². The summed E-state index contributed by atoms with van der Waals surface area (Å²) in [5, 5.41) is 16.6. The first kappa shape index (κ1) is 16.5. The first-order chi connectivity index (χ1) is 11.8. The number of para-hydroxylation sites is 1. The van der Waals surface area contributed by atoms with Crippen molar-refractivity contribution in [3.05, 3.63) is 65.5 Å². The van der Waals surface area contributed by atoms with Crippen LogP contribution in [0.1, 0.15) is 5.56 Å². The average Bonchev–Trinajstić information content (AvgIpc) is 3.13. The van der Waals surface area contributed by atoms with Crippen LogP contribution in [-0.2, 0) is 6.54 Å². The van der Waals surface area contributed by atoms with Gasteiger partial charge in [-0.15, -0.1) is 11.3 Å². The lowest BCUT2D eigenvalue weighted by atomic mass is 10.2. The van der Waals surface area contributed by atoms with Crippen LogP contribution < -0.4 is 14.8 Å². The van der Waals surface area contributed by atoms with Gasteiger partial charge >= 0.3 is 0 Å². The van der Waals surface area contributed by atoms with E-state index in [2.05, 4.69) is 22.2 Å². The molecular formula is C18H18N2O2S2. The Morgan fingerprint density at radius 1 is 1.08 bits per heavy atom. The fourth-order valence-electron chi connectivity index (χ4n) is 2.16. The van der Waals surface area contributed by atoms with Crippen LogP contribution in [0.2, 0.25) is 0 Å². The highest BCUT2D eigenvalue weighted by Crippen LogP contribution is 2.30. The van der Waals surface area contributed by atoms with Gasteiger partial charge in [0, 0.05) is 22.7 Å². The Bertz CT molecular complexity index is 774. The van der Waals surface area contributed by atoms with Crippen LogP contribution in [0, 0.1) is 0 Å². The zero-order valence-electron chi connectivity index (χ0n) is 13.2. The molecule has 2 aromatic carbocycles. The third kappa shape index (κ3) is 4.15. The fraction of sp³-hybridized carbons (Fsp3) is 0.111. The lowest BCUT2D eigenvalue weighted by molar-refractivity contribution is 0.371. The van der Waals surface area contributed by atoms with Crippen LogP contribution in [0.4, 0.5) is 10.7 Å². The second-order valence-electron chi connectivity index (χ2n) is 5.03. The molecule has 0 atom stereocenters. The average molecular weight is 358 g/mol. The van der Waals surface area contributed by atoms with Gasteiger partial charge in [-0.05, 0) is 59.8 Å². The molecule has 3 rings (SSSR count). The number of nitrogens with one attached hydrogen (secondary N) is 2. The molecule has 1 aromatic heterocycles. The lowest BCUT2D eigenvalue weighted by Crippen LogP contribution is -2.00.